The number of nitrogens with zero attached hydrogens (tertiary/aromatic N) is 2. The number of hydrazine groups is 1. The van der Waals surface area contributed by atoms with Crippen molar-refractivity contribution < 1.29 is 4.79 Å². The Morgan fingerprint density at radius 1 is 1.28 bits per heavy atom. The van der Waals surface area contributed by atoms with Crippen LogP contribution < -0.4 is 11.2 Å². The van der Waals surface area contributed by atoms with Crippen molar-refractivity contribution in [3.05, 3.63) is 23.8 Å². The molecule has 0 unspecified atom stereocenters. The fourth-order valence-corrected chi connectivity index (χ4v) is 2.03. The van der Waals surface area contributed by atoms with Gasteiger partial charge in [-0.3, -0.25) is 4.79 Å². The molecule has 1 heterocycles. The standard InChI is InChI=1S/C13H20N4O/c1-10(18)12-9-11(3-4-13(12)14)15-17-7-5-16(2)6-8-17/h3-4,9,15H,5-8,14H2,1-2H3. The Balaban J connectivity index is 2.05. The van der Waals surface area contributed by atoms with Crippen LogP contribution in [0.15, 0.2) is 18.2 Å². The molecule has 0 amide bonds. The Morgan fingerprint density at radius 3 is 2.56 bits per heavy atom. The number of nitrogens with one attached hydrogen (secondary N) is 1. The van der Waals surface area contributed by atoms with Crippen molar-refractivity contribution in [1.29, 1.82) is 0 Å². The number of hydrogen-bond donors (Lipinski definition) is 2. The summed E-state index contributed by atoms with van der Waals surface area (Å²) in [5, 5.41) is 2.16. The number of ketones is 1. The molecular formula is C13H20N4O. The molecule has 0 aromatic heterocycles. The molecule has 1 aromatic carbocycles. The number of benzene rings is 1. The van der Waals surface area contributed by atoms with Crippen LogP contribution in [0.4, 0.5) is 11.4 Å². The lowest BCUT2D eigenvalue weighted by Gasteiger charge is -2.33. The molecule has 0 aliphatic carbocycles. The zero-order chi connectivity index (χ0) is 13.1. The Labute approximate surface area is 108 Å². The summed E-state index contributed by atoms with van der Waals surface area (Å²) >= 11 is 0. The van der Waals surface area contributed by atoms with Crippen molar-refractivity contribution in [2.75, 3.05) is 44.4 Å². The van der Waals surface area contributed by atoms with Crippen molar-refractivity contribution in [2.24, 2.45) is 0 Å². The normalized spacial score (nSPS) is 17.7. The van der Waals surface area contributed by atoms with Gasteiger partial charge in [0.1, 0.15) is 0 Å². The van der Waals surface area contributed by atoms with Crippen molar-refractivity contribution in [2.45, 2.75) is 6.92 Å². The Morgan fingerprint density at radius 2 is 1.94 bits per heavy atom. The van der Waals surface area contributed by atoms with Gasteiger partial charge in [-0.05, 0) is 32.2 Å². The first-order valence-corrected chi connectivity index (χ1v) is 6.17. The minimum atomic E-state index is -0.00507. The molecule has 1 aliphatic heterocycles. The molecule has 0 saturated carbocycles. The fraction of sp³-hybridized carbons (Fsp3) is 0.462. The number of Topliss-reactive ketones (excluding diaryl/α,β-unsaturated/α-hetero) is 1. The van der Waals surface area contributed by atoms with E-state index < -0.39 is 0 Å². The van der Waals surface area contributed by atoms with Crippen molar-refractivity contribution in [1.82, 2.24) is 9.91 Å². The summed E-state index contributed by atoms with van der Waals surface area (Å²) < 4.78 is 0. The summed E-state index contributed by atoms with van der Waals surface area (Å²) in [5.74, 6) is -0.00507. The van der Waals surface area contributed by atoms with Crippen LogP contribution in [-0.2, 0) is 0 Å². The molecule has 18 heavy (non-hydrogen) atoms. The van der Waals surface area contributed by atoms with E-state index in [0.29, 0.717) is 11.3 Å². The second kappa shape index (κ2) is 5.37. The second-order valence-corrected chi connectivity index (χ2v) is 4.76. The molecule has 1 aliphatic rings. The molecule has 5 nitrogen and oxygen atoms in total. The fourth-order valence-electron chi connectivity index (χ4n) is 2.03. The van der Waals surface area contributed by atoms with E-state index in [1.54, 1.807) is 6.07 Å². The van der Waals surface area contributed by atoms with Crippen LogP contribution in [0, 0.1) is 0 Å². The number of rotatable bonds is 3. The minimum Gasteiger partial charge on any atom is -0.398 e. The Kier molecular flexibility index (Phi) is 3.84. The van der Waals surface area contributed by atoms with Gasteiger partial charge in [0, 0.05) is 43.1 Å². The maximum absolute atomic E-state index is 11.4. The maximum atomic E-state index is 11.4. The average molecular weight is 248 g/mol. The summed E-state index contributed by atoms with van der Waals surface area (Å²) in [6.07, 6.45) is 0. The monoisotopic (exact) mass is 248 g/mol. The average Bonchev–Trinajstić information content (AvgIpc) is 2.34. The van der Waals surface area contributed by atoms with Crippen LogP contribution in [-0.4, -0.2) is 48.9 Å². The third kappa shape index (κ3) is 3.00. The number of carbonyl (C=O) groups is 1. The van der Waals surface area contributed by atoms with Gasteiger partial charge in [0.2, 0.25) is 0 Å². The van der Waals surface area contributed by atoms with E-state index in [4.69, 9.17) is 5.73 Å². The van der Waals surface area contributed by atoms with Gasteiger partial charge in [-0.15, -0.1) is 0 Å². The van der Waals surface area contributed by atoms with Crippen LogP contribution in [0.3, 0.4) is 0 Å². The number of nitrogens with two attached hydrogens (primary N) is 1. The third-order valence-electron chi connectivity index (χ3n) is 3.22. The molecule has 0 atom stereocenters. The van der Waals surface area contributed by atoms with E-state index in [1.807, 2.05) is 12.1 Å². The molecule has 2 rings (SSSR count). The van der Waals surface area contributed by atoms with Gasteiger partial charge in [0.05, 0.1) is 0 Å². The molecular weight excluding hydrogens is 228 g/mol. The summed E-state index contributed by atoms with van der Waals surface area (Å²) in [5.41, 5.74) is 11.1. The molecule has 0 radical (unpaired) electrons. The smallest absolute Gasteiger partial charge is 0.161 e. The number of likely N-dealkylation sites (N-methyl/N-ethyl adjacent to an activating group) is 1. The van der Waals surface area contributed by atoms with Crippen LogP contribution in [0.5, 0.6) is 0 Å². The Bertz CT molecular complexity index is 439. The predicted octanol–water partition coefficient (Wildman–Crippen LogP) is 1.05. The molecule has 0 bridgehead atoms. The van der Waals surface area contributed by atoms with E-state index in [2.05, 4.69) is 22.4 Å². The summed E-state index contributed by atoms with van der Waals surface area (Å²) in [6, 6.07) is 5.49. The van der Waals surface area contributed by atoms with E-state index in [9.17, 15) is 4.79 Å². The highest BCUT2D eigenvalue weighted by Crippen LogP contribution is 2.19. The van der Waals surface area contributed by atoms with Crippen molar-refractivity contribution in [3.63, 3.8) is 0 Å². The highest BCUT2D eigenvalue weighted by molar-refractivity contribution is 5.99. The lowest BCUT2D eigenvalue weighted by molar-refractivity contribution is 0.101. The molecule has 1 fully saturated rings. The highest BCUT2D eigenvalue weighted by Gasteiger charge is 2.14. The summed E-state index contributed by atoms with van der Waals surface area (Å²) in [6.45, 7) is 5.56. The number of hydrogen-bond acceptors (Lipinski definition) is 5. The first-order chi connectivity index (χ1) is 8.56. The number of anilines is 2. The van der Waals surface area contributed by atoms with Crippen LogP contribution in [0.2, 0.25) is 0 Å². The molecule has 1 saturated heterocycles. The largest absolute Gasteiger partial charge is 0.398 e. The number of carbonyl (C=O) groups excluding carboxylic acids is 1. The van der Waals surface area contributed by atoms with Gasteiger partial charge in [0.15, 0.2) is 5.78 Å². The van der Waals surface area contributed by atoms with Crippen LogP contribution in [0.1, 0.15) is 17.3 Å². The van der Waals surface area contributed by atoms with Gasteiger partial charge < -0.3 is 16.1 Å². The van der Waals surface area contributed by atoms with E-state index in [-0.39, 0.29) is 5.78 Å². The summed E-state index contributed by atoms with van der Waals surface area (Å²) in [4.78, 5) is 13.7. The molecule has 5 heteroatoms. The van der Waals surface area contributed by atoms with Gasteiger partial charge >= 0.3 is 0 Å². The zero-order valence-electron chi connectivity index (χ0n) is 10.9. The van der Waals surface area contributed by atoms with Crippen molar-refractivity contribution in [3.8, 4) is 0 Å². The lowest BCUT2D eigenvalue weighted by atomic mass is 10.1. The first-order valence-electron chi connectivity index (χ1n) is 6.17. The maximum Gasteiger partial charge on any atom is 0.161 e. The second-order valence-electron chi connectivity index (χ2n) is 4.76. The molecule has 1 aromatic rings. The molecule has 0 spiro atoms. The molecule has 3 N–H and O–H groups in total. The predicted molar refractivity (Wildman–Crippen MR) is 73.6 cm³/mol. The molecule has 98 valence electrons. The third-order valence-corrected chi connectivity index (χ3v) is 3.22. The summed E-state index contributed by atoms with van der Waals surface area (Å²) in [7, 11) is 2.12. The number of nitrogen functional groups attached to an aromatic ring is 1. The van der Waals surface area contributed by atoms with E-state index in [0.717, 1.165) is 31.9 Å². The van der Waals surface area contributed by atoms with Gasteiger partial charge in [0.25, 0.3) is 0 Å². The van der Waals surface area contributed by atoms with Gasteiger partial charge in [-0.1, -0.05) is 0 Å². The highest BCUT2D eigenvalue weighted by atomic mass is 16.1. The topological polar surface area (TPSA) is 61.6 Å². The van der Waals surface area contributed by atoms with Crippen LogP contribution >= 0.6 is 0 Å². The first kappa shape index (κ1) is 12.9. The van der Waals surface area contributed by atoms with Gasteiger partial charge in [-0.2, -0.15) is 0 Å². The SMILES string of the molecule is CC(=O)c1cc(NN2CCN(C)CC2)ccc1N. The zero-order valence-corrected chi connectivity index (χ0v) is 10.9. The quantitative estimate of drug-likeness (QED) is 0.618. The number of piperazine rings is 1. The Hall–Kier alpha value is -1.59. The minimum absolute atomic E-state index is 0.00507. The van der Waals surface area contributed by atoms with E-state index in [1.165, 1.54) is 6.92 Å². The van der Waals surface area contributed by atoms with E-state index >= 15 is 0 Å². The lowest BCUT2D eigenvalue weighted by Crippen LogP contribution is -2.46. The van der Waals surface area contributed by atoms with Crippen LogP contribution in [0.25, 0.3) is 0 Å². The van der Waals surface area contributed by atoms with Crippen molar-refractivity contribution >= 4 is 17.2 Å². The van der Waals surface area contributed by atoms with Gasteiger partial charge in [-0.25, -0.2) is 5.01 Å².